The fourth-order valence-corrected chi connectivity index (χ4v) is 2.99. The SMILES string of the molecule is CCc1cccc(CC)c1NC(=O)Nc1ccc2nc(C)c(C)nc2c1. The highest BCUT2D eigenvalue weighted by Crippen LogP contribution is 2.23. The molecular weight excluding hydrogens is 324 g/mol. The number of benzene rings is 2. The number of urea groups is 1. The van der Waals surface area contributed by atoms with E-state index in [1.54, 1.807) is 0 Å². The van der Waals surface area contributed by atoms with Crippen LogP contribution >= 0.6 is 0 Å². The molecule has 26 heavy (non-hydrogen) atoms. The van der Waals surface area contributed by atoms with Crippen molar-refractivity contribution >= 4 is 28.4 Å². The van der Waals surface area contributed by atoms with E-state index in [1.165, 1.54) is 0 Å². The Hall–Kier alpha value is -2.95. The van der Waals surface area contributed by atoms with Gasteiger partial charge in [-0.15, -0.1) is 0 Å². The highest BCUT2D eigenvalue weighted by molar-refractivity contribution is 6.01. The molecule has 2 amide bonds. The first-order valence-electron chi connectivity index (χ1n) is 8.95. The number of carbonyl (C=O) groups excluding carboxylic acids is 1. The van der Waals surface area contributed by atoms with Crippen LogP contribution in [-0.4, -0.2) is 16.0 Å². The van der Waals surface area contributed by atoms with Gasteiger partial charge in [-0.05, 0) is 56.0 Å². The topological polar surface area (TPSA) is 66.9 Å². The largest absolute Gasteiger partial charge is 0.323 e. The smallest absolute Gasteiger partial charge is 0.308 e. The van der Waals surface area contributed by atoms with Crippen LogP contribution in [0.4, 0.5) is 16.2 Å². The molecule has 3 rings (SSSR count). The van der Waals surface area contributed by atoms with Gasteiger partial charge in [-0.25, -0.2) is 14.8 Å². The molecule has 0 unspecified atom stereocenters. The van der Waals surface area contributed by atoms with Gasteiger partial charge in [-0.1, -0.05) is 32.0 Å². The van der Waals surface area contributed by atoms with Crippen LogP contribution in [-0.2, 0) is 12.8 Å². The number of hydrogen-bond acceptors (Lipinski definition) is 3. The summed E-state index contributed by atoms with van der Waals surface area (Å²) >= 11 is 0. The molecule has 3 aromatic rings. The van der Waals surface area contributed by atoms with Crippen LogP contribution in [0.5, 0.6) is 0 Å². The van der Waals surface area contributed by atoms with E-state index in [1.807, 2.05) is 50.2 Å². The van der Waals surface area contributed by atoms with Gasteiger partial charge in [-0.3, -0.25) is 0 Å². The Morgan fingerprint density at radius 3 is 2.12 bits per heavy atom. The summed E-state index contributed by atoms with van der Waals surface area (Å²) in [6.45, 7) is 8.05. The number of rotatable bonds is 4. The zero-order chi connectivity index (χ0) is 18.7. The molecule has 0 atom stereocenters. The normalized spacial score (nSPS) is 10.8. The van der Waals surface area contributed by atoms with Gasteiger partial charge >= 0.3 is 6.03 Å². The lowest BCUT2D eigenvalue weighted by Crippen LogP contribution is -2.21. The number of nitrogens with zero attached hydrogens (tertiary/aromatic N) is 2. The van der Waals surface area contributed by atoms with Crippen molar-refractivity contribution in [3.05, 3.63) is 58.9 Å². The van der Waals surface area contributed by atoms with E-state index in [-0.39, 0.29) is 6.03 Å². The molecule has 2 aromatic carbocycles. The van der Waals surface area contributed by atoms with Crippen molar-refractivity contribution in [1.29, 1.82) is 0 Å². The van der Waals surface area contributed by atoms with Crippen molar-refractivity contribution in [2.45, 2.75) is 40.5 Å². The predicted octanol–water partition coefficient (Wildman–Crippen LogP) is 5.02. The van der Waals surface area contributed by atoms with Crippen LogP contribution in [0.1, 0.15) is 36.4 Å². The summed E-state index contributed by atoms with van der Waals surface area (Å²) in [5.41, 5.74) is 7.27. The van der Waals surface area contributed by atoms with Crippen molar-refractivity contribution in [1.82, 2.24) is 9.97 Å². The summed E-state index contributed by atoms with van der Waals surface area (Å²) in [5.74, 6) is 0. The number of aryl methyl sites for hydroxylation is 4. The summed E-state index contributed by atoms with van der Waals surface area (Å²) in [4.78, 5) is 21.6. The molecule has 0 radical (unpaired) electrons. The Morgan fingerprint density at radius 1 is 0.885 bits per heavy atom. The minimum Gasteiger partial charge on any atom is -0.308 e. The average molecular weight is 348 g/mol. The molecule has 5 nitrogen and oxygen atoms in total. The molecule has 0 saturated carbocycles. The third-order valence-corrected chi connectivity index (χ3v) is 4.57. The highest BCUT2D eigenvalue weighted by Gasteiger charge is 2.11. The second-order valence-electron chi connectivity index (χ2n) is 6.34. The van der Waals surface area contributed by atoms with E-state index < -0.39 is 0 Å². The Bertz CT molecular complexity index is 943. The molecule has 0 aliphatic rings. The number of fused-ring (bicyclic) bond motifs is 1. The van der Waals surface area contributed by atoms with Gasteiger partial charge in [0, 0.05) is 11.4 Å². The van der Waals surface area contributed by atoms with Gasteiger partial charge in [0.1, 0.15) is 0 Å². The molecule has 0 fully saturated rings. The van der Waals surface area contributed by atoms with Gasteiger partial charge in [0.2, 0.25) is 0 Å². The lowest BCUT2D eigenvalue weighted by molar-refractivity contribution is 0.262. The molecule has 0 spiro atoms. The minimum atomic E-state index is -0.253. The molecule has 0 aliphatic carbocycles. The van der Waals surface area contributed by atoms with Crippen molar-refractivity contribution < 1.29 is 4.79 Å². The van der Waals surface area contributed by atoms with Crippen LogP contribution in [0.3, 0.4) is 0 Å². The fourth-order valence-electron chi connectivity index (χ4n) is 2.99. The third kappa shape index (κ3) is 3.67. The number of para-hydroxylation sites is 1. The maximum atomic E-state index is 12.5. The van der Waals surface area contributed by atoms with E-state index in [9.17, 15) is 4.79 Å². The minimum absolute atomic E-state index is 0.253. The van der Waals surface area contributed by atoms with E-state index >= 15 is 0 Å². The Morgan fingerprint density at radius 2 is 1.50 bits per heavy atom. The molecule has 0 aliphatic heterocycles. The van der Waals surface area contributed by atoms with Gasteiger partial charge < -0.3 is 10.6 Å². The van der Waals surface area contributed by atoms with E-state index in [2.05, 4.69) is 34.4 Å². The zero-order valence-electron chi connectivity index (χ0n) is 15.7. The molecule has 1 heterocycles. The Balaban J connectivity index is 1.83. The van der Waals surface area contributed by atoms with Crippen molar-refractivity contribution in [3.63, 3.8) is 0 Å². The summed E-state index contributed by atoms with van der Waals surface area (Å²) in [7, 11) is 0. The zero-order valence-corrected chi connectivity index (χ0v) is 15.7. The van der Waals surface area contributed by atoms with E-state index in [0.29, 0.717) is 5.69 Å². The molecule has 134 valence electrons. The lowest BCUT2D eigenvalue weighted by atomic mass is 10.0. The van der Waals surface area contributed by atoms with Gasteiger partial charge in [0.25, 0.3) is 0 Å². The number of aromatic nitrogens is 2. The molecule has 0 bridgehead atoms. The maximum absolute atomic E-state index is 12.5. The standard InChI is InChI=1S/C21H24N4O/c1-5-15-8-7-9-16(6-2)20(15)25-21(26)24-17-10-11-18-19(12-17)23-14(4)13(3)22-18/h7-12H,5-6H2,1-4H3,(H2,24,25,26). The average Bonchev–Trinajstić information content (AvgIpc) is 2.63. The summed E-state index contributed by atoms with van der Waals surface area (Å²) < 4.78 is 0. The van der Waals surface area contributed by atoms with Crippen molar-refractivity contribution in [3.8, 4) is 0 Å². The van der Waals surface area contributed by atoms with Crippen molar-refractivity contribution in [2.24, 2.45) is 0 Å². The Labute approximate surface area is 153 Å². The molecule has 2 N–H and O–H groups in total. The number of nitrogens with one attached hydrogen (secondary N) is 2. The summed E-state index contributed by atoms with van der Waals surface area (Å²) in [5, 5.41) is 5.91. The second-order valence-corrected chi connectivity index (χ2v) is 6.34. The summed E-state index contributed by atoms with van der Waals surface area (Å²) in [6.07, 6.45) is 1.74. The van der Waals surface area contributed by atoms with E-state index in [4.69, 9.17) is 0 Å². The van der Waals surface area contributed by atoms with Gasteiger partial charge in [0.05, 0.1) is 22.4 Å². The van der Waals surface area contributed by atoms with E-state index in [0.717, 1.165) is 52.1 Å². The van der Waals surface area contributed by atoms with Crippen LogP contribution in [0.25, 0.3) is 11.0 Å². The summed E-state index contributed by atoms with van der Waals surface area (Å²) in [6, 6.07) is 11.4. The molecular formula is C21H24N4O. The van der Waals surface area contributed by atoms with Crippen LogP contribution in [0.15, 0.2) is 36.4 Å². The molecule has 0 saturated heterocycles. The Kier molecular flexibility index (Phi) is 5.16. The van der Waals surface area contributed by atoms with Crippen LogP contribution in [0.2, 0.25) is 0 Å². The second kappa shape index (κ2) is 7.52. The van der Waals surface area contributed by atoms with Crippen LogP contribution in [0, 0.1) is 13.8 Å². The quantitative estimate of drug-likeness (QED) is 0.696. The van der Waals surface area contributed by atoms with Gasteiger partial charge in [-0.2, -0.15) is 0 Å². The first-order valence-corrected chi connectivity index (χ1v) is 8.95. The maximum Gasteiger partial charge on any atom is 0.323 e. The van der Waals surface area contributed by atoms with Crippen molar-refractivity contribution in [2.75, 3.05) is 10.6 Å². The molecule has 1 aromatic heterocycles. The third-order valence-electron chi connectivity index (χ3n) is 4.57. The highest BCUT2D eigenvalue weighted by atomic mass is 16.2. The number of carbonyl (C=O) groups is 1. The monoisotopic (exact) mass is 348 g/mol. The number of amides is 2. The number of anilines is 2. The predicted molar refractivity (Wildman–Crippen MR) is 107 cm³/mol. The van der Waals surface area contributed by atoms with Gasteiger partial charge in [0.15, 0.2) is 0 Å². The first kappa shape index (κ1) is 17.9. The molecule has 5 heteroatoms. The lowest BCUT2D eigenvalue weighted by Gasteiger charge is -2.15. The number of hydrogen-bond donors (Lipinski definition) is 2. The van der Waals surface area contributed by atoms with Crippen LogP contribution < -0.4 is 10.6 Å². The fraction of sp³-hybridized carbons (Fsp3) is 0.286. The first-order chi connectivity index (χ1) is 12.5.